The van der Waals surface area contributed by atoms with Crippen molar-refractivity contribution in [3.8, 4) is 11.5 Å². The molecule has 4 aromatic heterocycles. The van der Waals surface area contributed by atoms with Crippen LogP contribution in [0.1, 0.15) is 73.1 Å². The van der Waals surface area contributed by atoms with E-state index >= 15 is 0 Å². The number of anilines is 6. The second-order valence-corrected chi connectivity index (χ2v) is 17.4. The highest BCUT2D eigenvalue weighted by molar-refractivity contribution is 5.76. The number of hydrogen-bond acceptors (Lipinski definition) is 15. The quantitative estimate of drug-likeness (QED) is 0.178. The number of rotatable bonds is 10. The molecular formula is C44H62N14O7. The van der Waals surface area contributed by atoms with Crippen molar-refractivity contribution in [1.29, 1.82) is 0 Å². The van der Waals surface area contributed by atoms with Crippen LogP contribution in [0.3, 0.4) is 0 Å². The summed E-state index contributed by atoms with van der Waals surface area (Å²) in [6.45, 7) is 6.42. The molecule has 6 N–H and O–H groups in total. The van der Waals surface area contributed by atoms with Crippen molar-refractivity contribution in [3.05, 3.63) is 47.0 Å². The maximum atomic E-state index is 12.4. The largest absolute Gasteiger partial charge is 0.488 e. The van der Waals surface area contributed by atoms with E-state index in [1.807, 2.05) is 45.8 Å². The smallest absolute Gasteiger partial charge is 0.317 e. The predicted octanol–water partition coefficient (Wildman–Crippen LogP) is 3.67. The second kappa shape index (κ2) is 19.2. The molecule has 0 bridgehead atoms. The summed E-state index contributed by atoms with van der Waals surface area (Å²) in [5, 5.41) is 15.6. The second-order valence-electron chi connectivity index (χ2n) is 17.4. The first-order valence-corrected chi connectivity index (χ1v) is 22.8. The zero-order chi connectivity index (χ0) is 45.2. The van der Waals surface area contributed by atoms with E-state index in [4.69, 9.17) is 45.3 Å². The van der Waals surface area contributed by atoms with E-state index < -0.39 is 0 Å². The molecule has 0 unspecified atom stereocenters. The molecule has 350 valence electrons. The summed E-state index contributed by atoms with van der Waals surface area (Å²) in [6, 6.07) is 4.16. The molecule has 3 saturated heterocycles. The molecule has 1 aliphatic carbocycles. The molecule has 0 radical (unpaired) electrons. The van der Waals surface area contributed by atoms with Crippen molar-refractivity contribution in [2.75, 3.05) is 102 Å². The summed E-state index contributed by atoms with van der Waals surface area (Å²) in [7, 11) is 7.21. The average Bonchev–Trinajstić information content (AvgIpc) is 3.95. The lowest BCUT2D eigenvalue weighted by Gasteiger charge is -2.30. The number of urea groups is 2. The molecule has 4 fully saturated rings. The average molecular weight is 899 g/mol. The normalized spacial score (nSPS) is 19.0. The number of nitrogens with one attached hydrogen (secondary N) is 2. The highest BCUT2D eigenvalue weighted by Gasteiger charge is 2.35. The van der Waals surface area contributed by atoms with Crippen LogP contribution < -0.4 is 41.4 Å². The van der Waals surface area contributed by atoms with E-state index in [1.165, 1.54) is 11.4 Å². The molecule has 0 spiro atoms. The van der Waals surface area contributed by atoms with Crippen molar-refractivity contribution in [2.24, 2.45) is 0 Å². The highest BCUT2D eigenvalue weighted by Crippen LogP contribution is 2.39. The fourth-order valence-electron chi connectivity index (χ4n) is 9.01. The first-order valence-electron chi connectivity index (χ1n) is 22.8. The number of ether oxygens (including phenoxy) is 5. The molecule has 6 aliphatic rings. The Morgan fingerprint density at radius 3 is 1.48 bits per heavy atom. The minimum absolute atomic E-state index is 0.00876. The summed E-state index contributed by atoms with van der Waals surface area (Å²) in [6.07, 6.45) is 10.9. The van der Waals surface area contributed by atoms with Crippen molar-refractivity contribution in [3.63, 3.8) is 0 Å². The number of pyridine rings is 2. The van der Waals surface area contributed by atoms with Gasteiger partial charge in [0.15, 0.2) is 11.6 Å². The first-order chi connectivity index (χ1) is 31.6. The van der Waals surface area contributed by atoms with Crippen LogP contribution in [0, 0.1) is 0 Å². The molecule has 4 aromatic rings. The maximum Gasteiger partial charge on any atom is 0.317 e. The van der Waals surface area contributed by atoms with Gasteiger partial charge in [-0.3, -0.25) is 9.36 Å². The Hall–Kier alpha value is -6.06. The molecule has 1 saturated carbocycles. The molecular weight excluding hydrogens is 837 g/mol. The van der Waals surface area contributed by atoms with Crippen LogP contribution in [0.15, 0.2) is 24.5 Å². The monoisotopic (exact) mass is 898 g/mol. The Morgan fingerprint density at radius 1 is 0.662 bits per heavy atom. The molecule has 0 aromatic carbocycles. The van der Waals surface area contributed by atoms with Gasteiger partial charge in [0.05, 0.1) is 68.3 Å². The van der Waals surface area contributed by atoms with Crippen molar-refractivity contribution in [1.82, 2.24) is 50.0 Å². The summed E-state index contributed by atoms with van der Waals surface area (Å²) < 4.78 is 32.6. The first kappa shape index (κ1) is 44.2. The molecule has 65 heavy (non-hydrogen) atoms. The van der Waals surface area contributed by atoms with Gasteiger partial charge < -0.3 is 65.4 Å². The Bertz CT molecular complexity index is 2340. The molecule has 21 heteroatoms. The number of nitrogens with zero attached hydrogens (tertiary/aromatic N) is 10. The zero-order valence-electron chi connectivity index (χ0n) is 37.8. The van der Waals surface area contributed by atoms with Gasteiger partial charge >= 0.3 is 12.1 Å². The number of nitrogens with two attached hydrogens (primary N) is 2. The molecule has 9 heterocycles. The molecule has 21 nitrogen and oxygen atoms in total. The van der Waals surface area contributed by atoms with E-state index in [0.29, 0.717) is 79.9 Å². The van der Waals surface area contributed by atoms with Crippen LogP contribution >= 0.6 is 0 Å². The SMILES string of the molecule is CNC(=O)N1CCc2c(c(N(C)c3cc(OC4CC4)c(N)cn3)nn2C2CCOCC2)C1.CNC(=O)N1CCc2c(c(N(C)c3cc(OC4COC4)c(N)cn3)nn2C2CCOCC2)C1. The van der Waals surface area contributed by atoms with Crippen LogP contribution in [0.2, 0.25) is 0 Å². The topological polar surface area (TPSA) is 231 Å². The van der Waals surface area contributed by atoms with Crippen molar-refractivity contribution < 1.29 is 33.3 Å². The van der Waals surface area contributed by atoms with Gasteiger partial charge in [-0.1, -0.05) is 0 Å². The van der Waals surface area contributed by atoms with E-state index in [9.17, 15) is 9.59 Å². The lowest BCUT2D eigenvalue weighted by Crippen LogP contribution is -2.41. The lowest BCUT2D eigenvalue weighted by molar-refractivity contribution is -0.0793. The predicted molar refractivity (Wildman–Crippen MR) is 242 cm³/mol. The van der Waals surface area contributed by atoms with Crippen molar-refractivity contribution in [2.45, 2.75) is 88.7 Å². The minimum Gasteiger partial charge on any atom is -0.488 e. The van der Waals surface area contributed by atoms with Gasteiger partial charge in [-0.2, -0.15) is 10.2 Å². The van der Waals surface area contributed by atoms with E-state index in [-0.39, 0.29) is 30.3 Å². The number of aromatic nitrogens is 6. The maximum absolute atomic E-state index is 12.4. The van der Waals surface area contributed by atoms with E-state index in [0.717, 1.165) is 101 Å². The van der Waals surface area contributed by atoms with Crippen LogP contribution in [0.4, 0.5) is 44.2 Å². The number of amides is 4. The third-order valence-electron chi connectivity index (χ3n) is 13.0. The van der Waals surface area contributed by atoms with E-state index in [2.05, 4.69) is 30.0 Å². The number of fused-ring (bicyclic) bond motifs is 2. The molecule has 5 aliphatic heterocycles. The number of carbonyl (C=O) groups excluding carboxylic acids is 2. The summed E-state index contributed by atoms with van der Waals surface area (Å²) in [5.41, 5.74) is 17.7. The van der Waals surface area contributed by atoms with Crippen LogP contribution in [-0.2, 0) is 40.1 Å². The summed E-state index contributed by atoms with van der Waals surface area (Å²) >= 11 is 0. The Kier molecular flexibility index (Phi) is 13.0. The number of hydrogen-bond donors (Lipinski definition) is 4. The van der Waals surface area contributed by atoms with Crippen LogP contribution in [-0.4, -0.2) is 145 Å². The van der Waals surface area contributed by atoms with Gasteiger partial charge in [-0.15, -0.1) is 0 Å². The lowest BCUT2D eigenvalue weighted by atomic mass is 10.0. The fourth-order valence-corrected chi connectivity index (χ4v) is 9.01. The number of nitrogen functional groups attached to an aromatic ring is 2. The summed E-state index contributed by atoms with van der Waals surface area (Å²) in [4.78, 5) is 41.3. The van der Waals surface area contributed by atoms with Gasteiger partial charge in [0.1, 0.15) is 29.2 Å². The Labute approximate surface area is 378 Å². The van der Waals surface area contributed by atoms with Crippen LogP contribution in [0.25, 0.3) is 0 Å². The Balaban J connectivity index is 0.000000164. The third-order valence-corrected chi connectivity index (χ3v) is 13.0. The van der Waals surface area contributed by atoms with Crippen molar-refractivity contribution >= 4 is 46.7 Å². The van der Waals surface area contributed by atoms with E-state index in [1.54, 1.807) is 26.5 Å². The number of carbonyl (C=O) groups is 2. The van der Waals surface area contributed by atoms with Gasteiger partial charge in [0.2, 0.25) is 0 Å². The van der Waals surface area contributed by atoms with Gasteiger partial charge in [0.25, 0.3) is 0 Å². The zero-order valence-corrected chi connectivity index (χ0v) is 37.8. The minimum atomic E-state index is -0.0860. The summed E-state index contributed by atoms with van der Waals surface area (Å²) in [5.74, 6) is 4.25. The highest BCUT2D eigenvalue weighted by atomic mass is 16.6. The Morgan fingerprint density at radius 2 is 1.09 bits per heavy atom. The fraction of sp³-hybridized carbons (Fsp3) is 0.591. The standard InChI is InChI=1S/C22H31N7O4.C22H31N7O3/c1-24-22(30)28-6-3-18-16(11-28)21(26-29(18)14-4-7-31-8-5-14)27(2)20-9-19(17(23)10-25-20)33-15-12-32-13-15;1-24-22(30)28-8-5-18-16(13-28)21(26-29(18)14-6-9-31-10-7-14)27(2)20-11-19(17(23)12-25-20)32-15-3-4-15/h9-10,14-15H,3-8,11-13,23H2,1-2H3,(H,24,30);11-12,14-15H,3-10,13,23H2,1-2H3,(H,24,30). The third kappa shape index (κ3) is 9.39. The van der Waals surface area contributed by atoms with Gasteiger partial charge in [-0.05, 0) is 38.5 Å². The van der Waals surface area contributed by atoms with Gasteiger partial charge in [0, 0.05) is 115 Å². The molecule has 10 rings (SSSR count). The van der Waals surface area contributed by atoms with Gasteiger partial charge in [-0.25, -0.2) is 19.6 Å². The van der Waals surface area contributed by atoms with Crippen LogP contribution in [0.5, 0.6) is 11.5 Å². The molecule has 4 amide bonds. The molecule has 0 atom stereocenters.